The van der Waals surface area contributed by atoms with Crippen LogP contribution in [0, 0.1) is 18.9 Å². The Hall–Kier alpha value is -2.61. The number of carbonyl (C=O) groups excluding carboxylic acids is 1. The molecule has 3 aromatic rings. The van der Waals surface area contributed by atoms with Crippen molar-refractivity contribution in [1.29, 1.82) is 0 Å². The first-order valence-corrected chi connectivity index (χ1v) is 8.67. The van der Waals surface area contributed by atoms with Gasteiger partial charge in [-0.05, 0) is 49.6 Å². The highest BCUT2D eigenvalue weighted by atomic mass is 32.1. The Morgan fingerprint density at radius 2 is 2.08 bits per heavy atom. The van der Waals surface area contributed by atoms with Crippen LogP contribution >= 0.6 is 11.5 Å². The molecule has 4 rings (SSSR count). The number of imidazole rings is 1. The Kier molecular flexibility index (Phi) is 3.84. The number of aryl methyl sites for hydroxylation is 1. The van der Waals surface area contributed by atoms with Crippen LogP contribution in [0.25, 0.3) is 10.8 Å². The molecular formula is C17H15FN5OS. The molecule has 1 radical (unpaired) electrons. The van der Waals surface area contributed by atoms with Gasteiger partial charge < -0.3 is 9.47 Å². The Bertz CT molecular complexity index is 933. The van der Waals surface area contributed by atoms with E-state index in [4.69, 9.17) is 0 Å². The van der Waals surface area contributed by atoms with Crippen LogP contribution in [0.3, 0.4) is 0 Å². The molecule has 0 spiro atoms. The number of halogens is 1. The van der Waals surface area contributed by atoms with Crippen molar-refractivity contribution in [1.82, 2.24) is 23.8 Å². The zero-order valence-electron chi connectivity index (χ0n) is 13.7. The molecule has 0 N–H and O–H groups in total. The summed E-state index contributed by atoms with van der Waals surface area (Å²) in [6.45, 7) is 4.94. The number of hydrogen-bond acceptors (Lipinski definition) is 5. The van der Waals surface area contributed by atoms with E-state index in [-0.39, 0.29) is 17.8 Å². The number of fused-ring (bicyclic) bond motifs is 1. The third-order valence-corrected chi connectivity index (χ3v) is 5.12. The van der Waals surface area contributed by atoms with Crippen molar-refractivity contribution < 1.29 is 9.18 Å². The lowest BCUT2D eigenvalue weighted by atomic mass is 10.1. The van der Waals surface area contributed by atoms with Crippen LogP contribution in [0.15, 0.2) is 24.3 Å². The molecule has 1 aliphatic heterocycles. The summed E-state index contributed by atoms with van der Waals surface area (Å²) >= 11 is 1.31. The largest absolute Gasteiger partial charge is 0.329 e. The molecule has 127 valence electrons. The van der Waals surface area contributed by atoms with Crippen LogP contribution in [0.5, 0.6) is 0 Å². The van der Waals surface area contributed by atoms with Gasteiger partial charge in [0.25, 0.3) is 5.91 Å². The van der Waals surface area contributed by atoms with Crippen LogP contribution < -0.4 is 0 Å². The molecule has 0 saturated carbocycles. The number of amides is 1. The average Bonchev–Trinajstić information content (AvgIpc) is 3.21. The lowest BCUT2D eigenvalue weighted by molar-refractivity contribution is 0.0644. The van der Waals surface area contributed by atoms with Crippen LogP contribution in [-0.4, -0.2) is 36.3 Å². The number of benzene rings is 1. The van der Waals surface area contributed by atoms with Crippen LogP contribution in [-0.2, 0) is 6.54 Å². The lowest BCUT2D eigenvalue weighted by Crippen LogP contribution is -2.41. The summed E-state index contributed by atoms with van der Waals surface area (Å²) < 4.78 is 19.3. The summed E-state index contributed by atoms with van der Waals surface area (Å²) in [6.07, 6.45) is 3.03. The Morgan fingerprint density at radius 3 is 2.76 bits per heavy atom. The Labute approximate surface area is 148 Å². The summed E-state index contributed by atoms with van der Waals surface area (Å²) in [5.74, 6) is 0.976. The van der Waals surface area contributed by atoms with E-state index in [9.17, 15) is 9.18 Å². The second kappa shape index (κ2) is 6.03. The summed E-state index contributed by atoms with van der Waals surface area (Å²) in [7, 11) is 0. The molecular weight excluding hydrogens is 341 g/mol. The molecule has 0 saturated heterocycles. The minimum absolute atomic E-state index is 0.123. The summed E-state index contributed by atoms with van der Waals surface area (Å²) in [5, 5.41) is 0.755. The first-order valence-electron chi connectivity index (χ1n) is 7.90. The van der Waals surface area contributed by atoms with Gasteiger partial charge in [0.15, 0.2) is 10.8 Å². The van der Waals surface area contributed by atoms with E-state index < -0.39 is 0 Å². The SMILES string of the molecule is Cc1nsc(-c2n[c]c3n2CCN(C(=O)c2ccc(F)cc2)C3C)n1. The van der Waals surface area contributed by atoms with Gasteiger partial charge in [0.1, 0.15) is 17.8 Å². The molecule has 0 fully saturated rings. The summed E-state index contributed by atoms with van der Waals surface area (Å²) in [6, 6.07) is 5.44. The van der Waals surface area contributed by atoms with Gasteiger partial charge in [-0.15, -0.1) is 0 Å². The molecule has 1 unspecified atom stereocenters. The van der Waals surface area contributed by atoms with Crippen LogP contribution in [0.2, 0.25) is 0 Å². The zero-order valence-corrected chi connectivity index (χ0v) is 14.5. The van der Waals surface area contributed by atoms with Gasteiger partial charge in [-0.25, -0.2) is 14.4 Å². The molecule has 3 heterocycles. The predicted molar refractivity (Wildman–Crippen MR) is 90.6 cm³/mol. The minimum atomic E-state index is -0.355. The van der Waals surface area contributed by atoms with Gasteiger partial charge in [0.2, 0.25) is 0 Å². The molecule has 8 heteroatoms. The molecule has 0 bridgehead atoms. The first kappa shape index (κ1) is 15.9. The second-order valence-corrected chi connectivity index (χ2v) is 6.66. The van der Waals surface area contributed by atoms with Gasteiger partial charge in [0.05, 0.1) is 11.7 Å². The van der Waals surface area contributed by atoms with Crippen molar-refractivity contribution in [3.8, 4) is 10.8 Å². The summed E-state index contributed by atoms with van der Waals surface area (Å²) in [5.41, 5.74) is 1.31. The number of aromatic nitrogens is 4. The summed E-state index contributed by atoms with van der Waals surface area (Å²) in [4.78, 5) is 23.3. The highest BCUT2D eigenvalue weighted by Gasteiger charge is 2.31. The van der Waals surface area contributed by atoms with Gasteiger partial charge in [-0.2, -0.15) is 4.37 Å². The number of hydrogen-bond donors (Lipinski definition) is 0. The Morgan fingerprint density at radius 1 is 1.32 bits per heavy atom. The van der Waals surface area contributed by atoms with Gasteiger partial charge in [0, 0.05) is 18.7 Å². The van der Waals surface area contributed by atoms with Crippen LogP contribution in [0.1, 0.15) is 34.8 Å². The molecule has 0 aliphatic carbocycles. The maximum atomic E-state index is 13.1. The second-order valence-electron chi connectivity index (χ2n) is 5.91. The molecule has 1 amide bonds. The van der Waals surface area contributed by atoms with E-state index in [2.05, 4.69) is 20.5 Å². The van der Waals surface area contributed by atoms with E-state index in [0.717, 1.165) is 16.5 Å². The predicted octanol–water partition coefficient (Wildman–Crippen LogP) is 2.87. The van der Waals surface area contributed by atoms with Crippen LogP contribution in [0.4, 0.5) is 4.39 Å². The molecule has 25 heavy (non-hydrogen) atoms. The number of carbonyl (C=O) groups is 1. The zero-order chi connectivity index (χ0) is 17.6. The molecule has 1 aromatic carbocycles. The van der Waals surface area contributed by atoms with E-state index in [1.165, 1.54) is 35.8 Å². The standard InChI is InChI=1S/C17H15FN5OS/c1-10-14-9-19-15(16-20-11(2)21-25-16)23(14)8-7-22(10)17(24)12-3-5-13(18)6-4-12/h3-6,10H,7-8H2,1-2H3. The maximum Gasteiger partial charge on any atom is 0.254 e. The fourth-order valence-corrected chi connectivity index (χ4v) is 3.70. The minimum Gasteiger partial charge on any atom is -0.329 e. The normalized spacial score (nSPS) is 16.8. The monoisotopic (exact) mass is 356 g/mol. The van der Waals surface area contributed by atoms with Crippen molar-refractivity contribution in [2.45, 2.75) is 26.4 Å². The Balaban J connectivity index is 1.63. The lowest BCUT2D eigenvalue weighted by Gasteiger charge is -2.34. The smallest absolute Gasteiger partial charge is 0.254 e. The molecule has 6 nitrogen and oxygen atoms in total. The third kappa shape index (κ3) is 2.72. The average molecular weight is 356 g/mol. The van der Waals surface area contributed by atoms with Crippen molar-refractivity contribution in [3.05, 3.63) is 53.4 Å². The maximum absolute atomic E-state index is 13.1. The van der Waals surface area contributed by atoms with Gasteiger partial charge in [-0.1, -0.05) is 0 Å². The highest BCUT2D eigenvalue weighted by molar-refractivity contribution is 7.09. The van der Waals surface area contributed by atoms with Gasteiger partial charge >= 0.3 is 0 Å². The van der Waals surface area contributed by atoms with E-state index in [0.29, 0.717) is 24.5 Å². The highest BCUT2D eigenvalue weighted by Crippen LogP contribution is 2.31. The van der Waals surface area contributed by atoms with Crippen molar-refractivity contribution in [2.24, 2.45) is 0 Å². The van der Waals surface area contributed by atoms with Crippen molar-refractivity contribution in [3.63, 3.8) is 0 Å². The topological polar surface area (TPSA) is 63.9 Å². The van der Waals surface area contributed by atoms with Crippen molar-refractivity contribution >= 4 is 17.4 Å². The van der Waals surface area contributed by atoms with E-state index in [1.807, 2.05) is 18.4 Å². The molecule has 1 atom stereocenters. The van der Waals surface area contributed by atoms with E-state index >= 15 is 0 Å². The number of nitrogens with zero attached hydrogens (tertiary/aromatic N) is 5. The fraction of sp³-hybridized carbons (Fsp3) is 0.294. The fourth-order valence-electron chi connectivity index (χ4n) is 3.03. The molecule has 1 aliphatic rings. The third-order valence-electron chi connectivity index (χ3n) is 4.32. The van der Waals surface area contributed by atoms with Gasteiger partial charge in [-0.3, -0.25) is 4.79 Å². The first-order chi connectivity index (χ1) is 12.0. The molecule has 2 aromatic heterocycles. The quantitative estimate of drug-likeness (QED) is 0.708. The number of rotatable bonds is 2. The van der Waals surface area contributed by atoms with Crippen molar-refractivity contribution in [2.75, 3.05) is 6.54 Å². The van der Waals surface area contributed by atoms with E-state index in [1.54, 1.807) is 4.90 Å².